The van der Waals surface area contributed by atoms with Crippen LogP contribution in [0.5, 0.6) is 0 Å². The average Bonchev–Trinajstić information content (AvgIpc) is 2.40. The van der Waals surface area contributed by atoms with Gasteiger partial charge < -0.3 is 0 Å². The summed E-state index contributed by atoms with van der Waals surface area (Å²) in [4.78, 5) is 0. The first-order valence-electron chi connectivity index (χ1n) is 3.65. The van der Waals surface area contributed by atoms with Gasteiger partial charge in [-0.1, -0.05) is 27.5 Å². The number of alkyl halides is 1. The fourth-order valence-electron chi connectivity index (χ4n) is 1.22. The Labute approximate surface area is 108 Å². The first kappa shape index (κ1) is 10.2. The lowest BCUT2D eigenvalue weighted by molar-refractivity contribution is 1.52. The van der Waals surface area contributed by atoms with Crippen LogP contribution in [0.2, 0.25) is 5.02 Å². The molecule has 68 valence electrons. The van der Waals surface area contributed by atoms with Gasteiger partial charge in [0.05, 0.1) is 2.88 Å². The number of rotatable bonds is 1. The lowest BCUT2D eigenvalue weighted by atomic mass is 10.2. The molecular formula is C9H5BrClIS. The van der Waals surface area contributed by atoms with E-state index in [1.54, 1.807) is 0 Å². The number of hydrogen-bond donors (Lipinski definition) is 0. The second-order valence-corrected chi connectivity index (χ2v) is 6.49. The largest absolute Gasteiger partial charge is 0.129 e. The Morgan fingerprint density at radius 1 is 1.46 bits per heavy atom. The zero-order chi connectivity index (χ0) is 9.42. The molecule has 0 spiro atoms. The Hall–Kier alpha value is 0.680. The Kier molecular flexibility index (Phi) is 3.18. The molecule has 4 heteroatoms. The van der Waals surface area contributed by atoms with Crippen molar-refractivity contribution in [1.29, 1.82) is 0 Å². The molecule has 0 fully saturated rings. The smallest absolute Gasteiger partial charge is 0.0706 e. The van der Waals surface area contributed by atoms with Crippen LogP contribution in [-0.4, -0.2) is 0 Å². The number of hydrogen-bond acceptors (Lipinski definition) is 1. The minimum atomic E-state index is 0.809. The summed E-state index contributed by atoms with van der Waals surface area (Å²) in [5, 5.41) is 2.98. The lowest BCUT2D eigenvalue weighted by Crippen LogP contribution is -1.75. The van der Waals surface area contributed by atoms with E-state index in [1.165, 1.54) is 18.5 Å². The second kappa shape index (κ2) is 4.04. The first-order valence-corrected chi connectivity index (χ1v) is 7.04. The highest BCUT2D eigenvalue weighted by Gasteiger charge is 2.08. The number of halogens is 3. The van der Waals surface area contributed by atoms with Gasteiger partial charge in [-0.3, -0.25) is 0 Å². The molecule has 0 saturated carbocycles. The van der Waals surface area contributed by atoms with Crippen LogP contribution in [0.4, 0.5) is 0 Å². The average molecular weight is 387 g/mol. The van der Waals surface area contributed by atoms with E-state index in [-0.39, 0.29) is 0 Å². The SMILES string of the molecule is Clc1ccc2sc(I)c(CBr)c2c1. The van der Waals surface area contributed by atoms with Gasteiger partial charge in [0.1, 0.15) is 0 Å². The van der Waals surface area contributed by atoms with E-state index in [0.717, 1.165) is 10.4 Å². The molecule has 0 unspecified atom stereocenters. The molecule has 0 N–H and O–H groups in total. The molecule has 0 nitrogen and oxygen atoms in total. The van der Waals surface area contributed by atoms with Crippen LogP contribution in [0.1, 0.15) is 5.56 Å². The van der Waals surface area contributed by atoms with Crippen molar-refractivity contribution in [2.45, 2.75) is 5.33 Å². The molecule has 0 radical (unpaired) electrons. The maximum Gasteiger partial charge on any atom is 0.0706 e. The van der Waals surface area contributed by atoms with Crippen LogP contribution >= 0.6 is 61.5 Å². The quantitative estimate of drug-likeness (QED) is 0.474. The van der Waals surface area contributed by atoms with Gasteiger partial charge >= 0.3 is 0 Å². The van der Waals surface area contributed by atoms with E-state index in [0.29, 0.717) is 0 Å². The van der Waals surface area contributed by atoms with Crippen LogP contribution in [0.3, 0.4) is 0 Å². The van der Waals surface area contributed by atoms with E-state index in [1.807, 2.05) is 23.5 Å². The highest BCUT2D eigenvalue weighted by Crippen LogP contribution is 2.35. The van der Waals surface area contributed by atoms with E-state index in [9.17, 15) is 0 Å². The molecule has 13 heavy (non-hydrogen) atoms. The monoisotopic (exact) mass is 386 g/mol. The Bertz CT molecular complexity index is 452. The summed E-state index contributed by atoms with van der Waals surface area (Å²) in [6, 6.07) is 6.05. The Morgan fingerprint density at radius 2 is 2.23 bits per heavy atom. The third-order valence-corrected chi connectivity index (χ3v) is 4.95. The van der Waals surface area contributed by atoms with Gasteiger partial charge in [-0.15, -0.1) is 11.3 Å². The molecule has 0 aliphatic rings. The minimum absolute atomic E-state index is 0.809. The molecule has 1 aromatic heterocycles. The first-order chi connectivity index (χ1) is 6.22. The zero-order valence-electron chi connectivity index (χ0n) is 6.48. The van der Waals surface area contributed by atoms with Gasteiger partial charge in [-0.2, -0.15) is 0 Å². The second-order valence-electron chi connectivity index (χ2n) is 2.63. The zero-order valence-corrected chi connectivity index (χ0v) is 11.8. The fourth-order valence-corrected chi connectivity index (χ4v) is 4.80. The summed E-state index contributed by atoms with van der Waals surface area (Å²) >= 11 is 13.6. The molecule has 2 aromatic rings. The third kappa shape index (κ3) is 1.89. The van der Waals surface area contributed by atoms with Crippen molar-refractivity contribution in [3.05, 3.63) is 31.7 Å². The van der Waals surface area contributed by atoms with Gasteiger partial charge in [-0.25, -0.2) is 0 Å². The van der Waals surface area contributed by atoms with Gasteiger partial charge in [0.25, 0.3) is 0 Å². The summed E-state index contributed by atoms with van der Waals surface area (Å²) < 4.78 is 2.65. The highest BCUT2D eigenvalue weighted by molar-refractivity contribution is 14.1. The lowest BCUT2D eigenvalue weighted by Gasteiger charge is -1.94. The molecular weight excluding hydrogens is 382 g/mol. The van der Waals surface area contributed by atoms with Crippen molar-refractivity contribution >= 4 is 71.5 Å². The normalized spacial score (nSPS) is 11.0. The Balaban J connectivity index is 2.80. The number of benzene rings is 1. The number of fused-ring (bicyclic) bond motifs is 1. The van der Waals surface area contributed by atoms with Gasteiger partial charge in [0.15, 0.2) is 0 Å². The highest BCUT2D eigenvalue weighted by atomic mass is 127. The third-order valence-electron chi connectivity index (χ3n) is 1.84. The van der Waals surface area contributed by atoms with E-state index in [4.69, 9.17) is 11.6 Å². The van der Waals surface area contributed by atoms with E-state index in [2.05, 4.69) is 44.6 Å². The molecule has 0 aliphatic heterocycles. The summed E-state index contributed by atoms with van der Waals surface area (Å²) in [7, 11) is 0. The van der Waals surface area contributed by atoms with Crippen molar-refractivity contribution < 1.29 is 0 Å². The molecule has 0 amide bonds. The van der Waals surface area contributed by atoms with Crippen LogP contribution in [0, 0.1) is 2.88 Å². The summed E-state index contributed by atoms with van der Waals surface area (Å²) in [6.07, 6.45) is 0. The molecule has 0 atom stereocenters. The molecule has 2 rings (SSSR count). The van der Waals surface area contributed by atoms with Gasteiger partial charge in [-0.05, 0) is 51.7 Å². The molecule has 1 heterocycles. The number of thiophene rings is 1. The van der Waals surface area contributed by atoms with Crippen molar-refractivity contribution in [3.8, 4) is 0 Å². The van der Waals surface area contributed by atoms with Crippen LogP contribution in [0.15, 0.2) is 18.2 Å². The molecule has 0 bridgehead atoms. The van der Waals surface area contributed by atoms with E-state index >= 15 is 0 Å². The van der Waals surface area contributed by atoms with Crippen LogP contribution in [0.25, 0.3) is 10.1 Å². The van der Waals surface area contributed by atoms with Crippen molar-refractivity contribution in [3.63, 3.8) is 0 Å². The van der Waals surface area contributed by atoms with Gasteiger partial charge in [0.2, 0.25) is 0 Å². The summed E-state index contributed by atoms with van der Waals surface area (Å²) in [5.74, 6) is 0. The topological polar surface area (TPSA) is 0 Å². The van der Waals surface area contributed by atoms with Crippen molar-refractivity contribution in [1.82, 2.24) is 0 Å². The standard InChI is InChI=1S/C9H5BrClIS/c10-4-7-6-3-5(11)1-2-8(6)13-9(7)12/h1-3H,4H2. The molecule has 0 aliphatic carbocycles. The molecule has 0 saturated heterocycles. The molecule has 1 aromatic carbocycles. The van der Waals surface area contributed by atoms with Gasteiger partial charge in [0, 0.05) is 15.1 Å². The predicted molar refractivity (Wildman–Crippen MR) is 72.2 cm³/mol. The van der Waals surface area contributed by atoms with Crippen LogP contribution < -0.4 is 0 Å². The van der Waals surface area contributed by atoms with E-state index < -0.39 is 0 Å². The van der Waals surface area contributed by atoms with Crippen molar-refractivity contribution in [2.75, 3.05) is 0 Å². The fraction of sp³-hybridized carbons (Fsp3) is 0.111. The minimum Gasteiger partial charge on any atom is -0.129 e. The Morgan fingerprint density at radius 3 is 2.92 bits per heavy atom. The van der Waals surface area contributed by atoms with Crippen molar-refractivity contribution in [2.24, 2.45) is 0 Å². The van der Waals surface area contributed by atoms with Crippen LogP contribution in [-0.2, 0) is 5.33 Å². The predicted octanol–water partition coefficient (Wildman–Crippen LogP) is 5.05. The summed E-state index contributed by atoms with van der Waals surface area (Å²) in [6.45, 7) is 0. The maximum atomic E-state index is 5.94. The maximum absolute atomic E-state index is 5.94. The summed E-state index contributed by atoms with van der Waals surface area (Å²) in [5.41, 5.74) is 1.35.